The monoisotopic (exact) mass is 174 g/mol. The Morgan fingerprint density at radius 2 is 2.38 bits per heavy atom. The normalized spacial score (nSPS) is 17.3. The third-order valence-electron chi connectivity index (χ3n) is 2.07. The molecule has 0 amide bonds. The summed E-state index contributed by atoms with van der Waals surface area (Å²) in [6.07, 6.45) is 2.47. The van der Waals surface area contributed by atoms with Gasteiger partial charge >= 0.3 is 0 Å². The van der Waals surface area contributed by atoms with Crippen molar-refractivity contribution in [1.82, 2.24) is 4.98 Å². The van der Waals surface area contributed by atoms with E-state index in [9.17, 15) is 0 Å². The Labute approximate surface area is 77.0 Å². The van der Waals surface area contributed by atoms with Crippen molar-refractivity contribution in [2.75, 3.05) is 0 Å². The molecule has 2 rings (SSSR count). The lowest BCUT2D eigenvalue weighted by Crippen LogP contribution is -2.24. The molecule has 0 saturated carbocycles. The lowest BCUT2D eigenvalue weighted by atomic mass is 10.0. The lowest BCUT2D eigenvalue weighted by Gasteiger charge is -2.16. The number of aromatic nitrogens is 1. The number of hydrogen-bond acceptors (Lipinski definition) is 3. The molecule has 66 valence electrons. The lowest BCUT2D eigenvalue weighted by molar-refractivity contribution is 0.138. The van der Waals surface area contributed by atoms with Gasteiger partial charge in [0.15, 0.2) is 0 Å². The van der Waals surface area contributed by atoms with Crippen LogP contribution in [0.4, 0.5) is 0 Å². The molecule has 0 bridgehead atoms. The summed E-state index contributed by atoms with van der Waals surface area (Å²) in [7, 11) is 0. The van der Waals surface area contributed by atoms with Crippen molar-refractivity contribution >= 4 is 0 Å². The summed E-state index contributed by atoms with van der Waals surface area (Å²) in [5, 5.41) is 8.65. The fourth-order valence-electron chi connectivity index (χ4n) is 1.57. The highest BCUT2D eigenvalue weighted by molar-refractivity contribution is 5.40. The van der Waals surface area contributed by atoms with E-state index in [1.54, 1.807) is 12.3 Å². The second-order valence-corrected chi connectivity index (χ2v) is 3.83. The summed E-state index contributed by atoms with van der Waals surface area (Å²) < 4.78 is 5.62. The number of nitrogens with zero attached hydrogens (tertiary/aromatic N) is 2. The highest BCUT2D eigenvalue weighted by Gasteiger charge is 2.30. The summed E-state index contributed by atoms with van der Waals surface area (Å²) in [4.78, 5) is 3.95. The largest absolute Gasteiger partial charge is 0.486 e. The summed E-state index contributed by atoms with van der Waals surface area (Å²) in [5.74, 6) is 0.809. The van der Waals surface area contributed by atoms with Gasteiger partial charge in [0.2, 0.25) is 0 Å². The molecule has 0 saturated heterocycles. The first kappa shape index (κ1) is 8.06. The van der Waals surface area contributed by atoms with Crippen molar-refractivity contribution in [3.05, 3.63) is 23.5 Å². The molecular weight excluding hydrogens is 164 g/mol. The predicted molar refractivity (Wildman–Crippen MR) is 47.4 cm³/mol. The zero-order valence-electron chi connectivity index (χ0n) is 7.66. The van der Waals surface area contributed by atoms with E-state index >= 15 is 0 Å². The molecule has 1 aliphatic heterocycles. The molecule has 1 aromatic heterocycles. The molecular formula is C10H10N2O. The number of pyridine rings is 1. The minimum absolute atomic E-state index is 0.155. The van der Waals surface area contributed by atoms with Gasteiger partial charge in [-0.2, -0.15) is 5.26 Å². The molecule has 0 aliphatic carbocycles. The molecule has 0 atom stereocenters. The van der Waals surface area contributed by atoms with E-state index in [0.29, 0.717) is 5.69 Å². The fraction of sp³-hybridized carbons (Fsp3) is 0.400. The number of hydrogen-bond donors (Lipinski definition) is 0. The van der Waals surface area contributed by atoms with Crippen molar-refractivity contribution in [2.24, 2.45) is 0 Å². The Morgan fingerprint density at radius 3 is 3.08 bits per heavy atom. The number of nitriles is 1. The fourth-order valence-corrected chi connectivity index (χ4v) is 1.57. The molecule has 0 radical (unpaired) electrons. The van der Waals surface area contributed by atoms with Gasteiger partial charge in [0.25, 0.3) is 0 Å². The minimum atomic E-state index is -0.155. The van der Waals surface area contributed by atoms with Crippen LogP contribution in [0.1, 0.15) is 25.1 Å². The average molecular weight is 174 g/mol. The van der Waals surface area contributed by atoms with Crippen molar-refractivity contribution in [1.29, 1.82) is 5.26 Å². The van der Waals surface area contributed by atoms with Crippen LogP contribution in [0.3, 0.4) is 0 Å². The van der Waals surface area contributed by atoms with Crippen LogP contribution in [0.25, 0.3) is 0 Å². The van der Waals surface area contributed by atoms with Gasteiger partial charge in [0.1, 0.15) is 23.1 Å². The van der Waals surface area contributed by atoms with Gasteiger partial charge < -0.3 is 4.74 Å². The third-order valence-corrected chi connectivity index (χ3v) is 2.07. The topological polar surface area (TPSA) is 45.9 Å². The molecule has 0 spiro atoms. The molecule has 1 aliphatic rings. The molecule has 3 heteroatoms. The Kier molecular flexibility index (Phi) is 1.53. The molecule has 0 aromatic carbocycles. The summed E-state index contributed by atoms with van der Waals surface area (Å²) in [6, 6.07) is 3.81. The number of rotatable bonds is 0. The van der Waals surface area contributed by atoms with E-state index in [0.717, 1.165) is 17.7 Å². The van der Waals surface area contributed by atoms with Crippen molar-refractivity contribution in [3.8, 4) is 11.8 Å². The first-order chi connectivity index (χ1) is 6.11. The SMILES string of the molecule is CC1(C)Cc2cc(C#N)ncc2O1. The highest BCUT2D eigenvalue weighted by Crippen LogP contribution is 2.33. The Balaban J connectivity index is 2.43. The number of fused-ring (bicyclic) bond motifs is 1. The smallest absolute Gasteiger partial charge is 0.141 e. The van der Waals surface area contributed by atoms with E-state index < -0.39 is 0 Å². The Morgan fingerprint density at radius 1 is 1.62 bits per heavy atom. The van der Waals surface area contributed by atoms with Crippen LogP contribution < -0.4 is 4.74 Å². The van der Waals surface area contributed by atoms with E-state index in [-0.39, 0.29) is 5.60 Å². The molecule has 13 heavy (non-hydrogen) atoms. The quantitative estimate of drug-likeness (QED) is 0.601. The molecule has 0 unspecified atom stereocenters. The summed E-state index contributed by atoms with van der Waals surface area (Å²) >= 11 is 0. The van der Waals surface area contributed by atoms with Crippen LogP contribution in [0.2, 0.25) is 0 Å². The zero-order chi connectivity index (χ0) is 9.47. The first-order valence-electron chi connectivity index (χ1n) is 4.19. The van der Waals surface area contributed by atoms with Gasteiger partial charge in [-0.1, -0.05) is 0 Å². The van der Waals surface area contributed by atoms with Crippen LogP contribution in [0, 0.1) is 11.3 Å². The molecule has 3 nitrogen and oxygen atoms in total. The van der Waals surface area contributed by atoms with Gasteiger partial charge in [0, 0.05) is 12.0 Å². The first-order valence-corrected chi connectivity index (χ1v) is 4.19. The number of ether oxygens (including phenoxy) is 1. The standard InChI is InChI=1S/C10H10N2O/c1-10(2)4-7-3-8(5-11)12-6-9(7)13-10/h3,6H,4H2,1-2H3. The van der Waals surface area contributed by atoms with Gasteiger partial charge in [-0.25, -0.2) is 4.98 Å². The Bertz CT molecular complexity index is 390. The molecule has 0 fully saturated rings. The van der Waals surface area contributed by atoms with Gasteiger partial charge in [-0.3, -0.25) is 0 Å². The zero-order valence-corrected chi connectivity index (χ0v) is 7.66. The second-order valence-electron chi connectivity index (χ2n) is 3.83. The van der Waals surface area contributed by atoms with Crippen LogP contribution in [0.5, 0.6) is 5.75 Å². The van der Waals surface area contributed by atoms with E-state index in [2.05, 4.69) is 4.98 Å². The minimum Gasteiger partial charge on any atom is -0.486 e. The maximum absolute atomic E-state index is 8.65. The third kappa shape index (κ3) is 1.35. The molecule has 0 N–H and O–H groups in total. The maximum Gasteiger partial charge on any atom is 0.141 e. The molecule has 1 aromatic rings. The second kappa shape index (κ2) is 2.46. The van der Waals surface area contributed by atoms with Gasteiger partial charge in [0.05, 0.1) is 6.20 Å². The van der Waals surface area contributed by atoms with Crippen LogP contribution >= 0.6 is 0 Å². The van der Waals surface area contributed by atoms with E-state index in [1.807, 2.05) is 19.9 Å². The summed E-state index contributed by atoms with van der Waals surface area (Å²) in [6.45, 7) is 4.05. The van der Waals surface area contributed by atoms with E-state index in [4.69, 9.17) is 10.00 Å². The van der Waals surface area contributed by atoms with Crippen molar-refractivity contribution < 1.29 is 4.74 Å². The Hall–Kier alpha value is -1.56. The molecule has 2 heterocycles. The van der Waals surface area contributed by atoms with Crippen LogP contribution in [-0.2, 0) is 6.42 Å². The predicted octanol–water partition coefficient (Wildman–Crippen LogP) is 1.67. The maximum atomic E-state index is 8.65. The van der Waals surface area contributed by atoms with Gasteiger partial charge in [-0.15, -0.1) is 0 Å². The van der Waals surface area contributed by atoms with Crippen molar-refractivity contribution in [2.45, 2.75) is 25.9 Å². The van der Waals surface area contributed by atoms with Crippen molar-refractivity contribution in [3.63, 3.8) is 0 Å². The highest BCUT2D eigenvalue weighted by atomic mass is 16.5. The average Bonchev–Trinajstić information content (AvgIpc) is 2.36. The summed E-state index contributed by atoms with van der Waals surface area (Å²) in [5.41, 5.74) is 1.38. The van der Waals surface area contributed by atoms with E-state index in [1.165, 1.54) is 0 Å². The van der Waals surface area contributed by atoms with Crippen LogP contribution in [0.15, 0.2) is 12.3 Å². The van der Waals surface area contributed by atoms with Crippen LogP contribution in [-0.4, -0.2) is 10.6 Å². The van der Waals surface area contributed by atoms with Gasteiger partial charge in [-0.05, 0) is 19.9 Å².